The van der Waals surface area contributed by atoms with Crippen LogP contribution in [0.2, 0.25) is 0 Å². The molecule has 0 bridgehead atoms. The average Bonchev–Trinajstić information content (AvgIpc) is 2.74. The third kappa shape index (κ3) is 4.24. The highest BCUT2D eigenvalue weighted by Gasteiger charge is 2.40. The molecule has 132 valence electrons. The van der Waals surface area contributed by atoms with Crippen LogP contribution in [0.3, 0.4) is 0 Å². The Balaban J connectivity index is 1.95. The molecule has 0 saturated carbocycles. The lowest BCUT2D eigenvalue weighted by Gasteiger charge is -2.38. The molecule has 1 fully saturated rings. The number of rotatable bonds is 5. The second kappa shape index (κ2) is 7.19. The Morgan fingerprint density at radius 1 is 1.17 bits per heavy atom. The summed E-state index contributed by atoms with van der Waals surface area (Å²) in [6.45, 7) is 8.38. The maximum absolute atomic E-state index is 12.8. The van der Waals surface area contributed by atoms with E-state index in [1.54, 1.807) is 4.68 Å². The van der Waals surface area contributed by atoms with Crippen LogP contribution in [0.5, 0.6) is 0 Å². The van der Waals surface area contributed by atoms with Gasteiger partial charge in [-0.3, -0.25) is 14.5 Å². The normalized spacial score (nSPS) is 19.3. The Morgan fingerprint density at radius 3 is 2.30 bits per heavy atom. The van der Waals surface area contributed by atoms with Crippen LogP contribution < -0.4 is 0 Å². The second-order valence-corrected chi connectivity index (χ2v) is 6.13. The van der Waals surface area contributed by atoms with Gasteiger partial charge in [0.25, 0.3) is 0 Å². The van der Waals surface area contributed by atoms with Crippen molar-refractivity contribution in [2.24, 2.45) is 0 Å². The minimum Gasteiger partial charge on any atom is -0.394 e. The molecular formula is C15H25F3N4O. The van der Waals surface area contributed by atoms with Crippen molar-refractivity contribution >= 4 is 0 Å². The fourth-order valence-corrected chi connectivity index (χ4v) is 3.01. The van der Waals surface area contributed by atoms with Crippen molar-refractivity contribution in [2.45, 2.75) is 46.1 Å². The average molecular weight is 334 g/mol. The molecule has 2 heterocycles. The number of aliphatic hydroxyl groups is 1. The van der Waals surface area contributed by atoms with Crippen molar-refractivity contribution in [2.75, 3.05) is 32.8 Å². The number of alkyl halides is 3. The molecule has 0 amide bonds. The highest BCUT2D eigenvalue weighted by molar-refractivity contribution is 5.24. The third-order valence-electron chi connectivity index (χ3n) is 4.65. The summed E-state index contributed by atoms with van der Waals surface area (Å²) in [6, 6.07) is -1.39. The van der Waals surface area contributed by atoms with E-state index in [9.17, 15) is 13.2 Å². The zero-order valence-corrected chi connectivity index (χ0v) is 13.9. The van der Waals surface area contributed by atoms with Gasteiger partial charge in [-0.15, -0.1) is 0 Å². The van der Waals surface area contributed by atoms with Gasteiger partial charge in [-0.2, -0.15) is 18.3 Å². The maximum Gasteiger partial charge on any atom is 0.403 e. The molecule has 0 aliphatic carbocycles. The Hall–Kier alpha value is -1.12. The largest absolute Gasteiger partial charge is 0.403 e. The standard InChI is InChI=1S/C15H25F3N4O/c1-11-14(12(2)22(19-11)8-9-23)10-20-4-6-21(7-5-20)13(3)15(16,17)18/h13,23H,4-10H2,1-3H3. The van der Waals surface area contributed by atoms with Crippen LogP contribution in [0.25, 0.3) is 0 Å². The van der Waals surface area contributed by atoms with Gasteiger partial charge in [0.1, 0.15) is 6.04 Å². The fraction of sp³-hybridized carbons (Fsp3) is 0.800. The number of aliphatic hydroxyl groups excluding tert-OH is 1. The molecular weight excluding hydrogens is 309 g/mol. The molecule has 23 heavy (non-hydrogen) atoms. The quantitative estimate of drug-likeness (QED) is 0.888. The van der Waals surface area contributed by atoms with Gasteiger partial charge in [0.05, 0.1) is 18.8 Å². The summed E-state index contributed by atoms with van der Waals surface area (Å²) in [6.07, 6.45) is -4.17. The molecule has 1 N–H and O–H groups in total. The van der Waals surface area contributed by atoms with Gasteiger partial charge in [-0.25, -0.2) is 0 Å². The smallest absolute Gasteiger partial charge is 0.394 e. The van der Waals surface area contributed by atoms with Gasteiger partial charge < -0.3 is 5.11 Å². The summed E-state index contributed by atoms with van der Waals surface area (Å²) in [7, 11) is 0. The molecule has 0 radical (unpaired) electrons. The van der Waals surface area contributed by atoms with Crippen LogP contribution in [0, 0.1) is 13.8 Å². The van der Waals surface area contributed by atoms with E-state index in [2.05, 4.69) is 10.00 Å². The predicted molar refractivity (Wildman–Crippen MR) is 81.2 cm³/mol. The number of piperazine rings is 1. The molecule has 0 spiro atoms. The van der Waals surface area contributed by atoms with Crippen molar-refractivity contribution in [1.82, 2.24) is 19.6 Å². The Morgan fingerprint density at radius 2 is 1.78 bits per heavy atom. The lowest BCUT2D eigenvalue weighted by molar-refractivity contribution is -0.182. The maximum atomic E-state index is 12.8. The van der Waals surface area contributed by atoms with Crippen LogP contribution >= 0.6 is 0 Å². The highest BCUT2D eigenvalue weighted by Crippen LogP contribution is 2.25. The lowest BCUT2D eigenvalue weighted by Crippen LogP contribution is -2.53. The zero-order valence-electron chi connectivity index (χ0n) is 13.9. The van der Waals surface area contributed by atoms with Gasteiger partial charge in [0, 0.05) is 44.0 Å². The van der Waals surface area contributed by atoms with E-state index in [4.69, 9.17) is 5.11 Å². The number of halogens is 3. The lowest BCUT2D eigenvalue weighted by atomic mass is 10.1. The molecule has 1 unspecified atom stereocenters. The number of hydrogen-bond acceptors (Lipinski definition) is 4. The van der Waals surface area contributed by atoms with E-state index in [1.165, 1.54) is 11.8 Å². The topological polar surface area (TPSA) is 44.5 Å². The monoisotopic (exact) mass is 334 g/mol. The third-order valence-corrected chi connectivity index (χ3v) is 4.65. The number of aryl methyl sites for hydroxylation is 1. The summed E-state index contributed by atoms with van der Waals surface area (Å²) in [5.74, 6) is 0. The summed E-state index contributed by atoms with van der Waals surface area (Å²) < 4.78 is 40.1. The molecule has 0 aromatic carbocycles. The number of aromatic nitrogens is 2. The van der Waals surface area contributed by atoms with Crippen LogP contribution in [-0.4, -0.2) is 69.7 Å². The summed E-state index contributed by atoms with van der Waals surface area (Å²) in [4.78, 5) is 3.66. The minimum absolute atomic E-state index is 0.0371. The van der Waals surface area contributed by atoms with Gasteiger partial charge in [0.15, 0.2) is 0 Å². The van der Waals surface area contributed by atoms with E-state index in [1.807, 2.05) is 13.8 Å². The van der Waals surface area contributed by atoms with E-state index in [-0.39, 0.29) is 6.61 Å². The fourth-order valence-electron chi connectivity index (χ4n) is 3.01. The van der Waals surface area contributed by atoms with E-state index >= 15 is 0 Å². The molecule has 5 nitrogen and oxygen atoms in total. The Kier molecular flexibility index (Phi) is 5.70. The zero-order chi connectivity index (χ0) is 17.2. The van der Waals surface area contributed by atoms with E-state index in [0.29, 0.717) is 39.3 Å². The summed E-state index contributed by atoms with van der Waals surface area (Å²) >= 11 is 0. The van der Waals surface area contributed by atoms with Gasteiger partial charge in [-0.1, -0.05) is 0 Å². The van der Waals surface area contributed by atoms with E-state index in [0.717, 1.165) is 17.0 Å². The molecule has 8 heteroatoms. The molecule has 2 rings (SSSR count). The molecule has 1 aromatic heterocycles. The second-order valence-electron chi connectivity index (χ2n) is 6.13. The van der Waals surface area contributed by atoms with Crippen LogP contribution in [0.15, 0.2) is 0 Å². The first-order valence-corrected chi connectivity index (χ1v) is 7.91. The van der Waals surface area contributed by atoms with Crippen molar-refractivity contribution in [1.29, 1.82) is 0 Å². The first-order valence-electron chi connectivity index (χ1n) is 7.91. The molecule has 1 aliphatic heterocycles. The number of hydrogen-bond donors (Lipinski definition) is 1. The Labute approximate surface area is 134 Å². The molecule has 1 atom stereocenters. The minimum atomic E-state index is -4.17. The van der Waals surface area contributed by atoms with Crippen molar-refractivity contribution in [3.63, 3.8) is 0 Å². The van der Waals surface area contributed by atoms with Crippen molar-refractivity contribution in [3.8, 4) is 0 Å². The van der Waals surface area contributed by atoms with Crippen molar-refractivity contribution in [3.05, 3.63) is 17.0 Å². The van der Waals surface area contributed by atoms with Gasteiger partial charge in [0.2, 0.25) is 0 Å². The SMILES string of the molecule is Cc1nn(CCO)c(C)c1CN1CCN(C(C)C(F)(F)F)CC1. The van der Waals surface area contributed by atoms with Crippen LogP contribution in [0.1, 0.15) is 23.9 Å². The summed E-state index contributed by atoms with van der Waals surface area (Å²) in [5, 5.41) is 13.5. The summed E-state index contributed by atoms with van der Waals surface area (Å²) in [5.41, 5.74) is 3.04. The number of nitrogens with zero attached hydrogens (tertiary/aromatic N) is 4. The molecule has 1 saturated heterocycles. The first kappa shape index (κ1) is 18.2. The van der Waals surface area contributed by atoms with Gasteiger partial charge in [-0.05, 0) is 20.8 Å². The Bertz CT molecular complexity index is 522. The van der Waals surface area contributed by atoms with Gasteiger partial charge >= 0.3 is 6.18 Å². The molecule has 1 aromatic rings. The highest BCUT2D eigenvalue weighted by atomic mass is 19.4. The van der Waals surface area contributed by atoms with Crippen LogP contribution in [-0.2, 0) is 13.1 Å². The molecule has 1 aliphatic rings. The first-order chi connectivity index (χ1) is 10.7. The predicted octanol–water partition coefficient (Wildman–Crippen LogP) is 1.56. The van der Waals surface area contributed by atoms with Crippen molar-refractivity contribution < 1.29 is 18.3 Å². The van der Waals surface area contributed by atoms with Crippen LogP contribution in [0.4, 0.5) is 13.2 Å². The van der Waals surface area contributed by atoms with E-state index < -0.39 is 12.2 Å².